The quantitative estimate of drug-likeness (QED) is 0.195. The number of H-pyrrole nitrogens is 1. The van der Waals surface area contributed by atoms with Gasteiger partial charge in [-0.3, -0.25) is 9.89 Å². The highest BCUT2D eigenvalue weighted by molar-refractivity contribution is 5.89. The van der Waals surface area contributed by atoms with Gasteiger partial charge < -0.3 is 21.1 Å². The number of para-hydroxylation sites is 1. The third-order valence-electron chi connectivity index (χ3n) is 6.92. The third-order valence-corrected chi connectivity index (χ3v) is 6.92. The molecule has 0 saturated carbocycles. The fourth-order valence-corrected chi connectivity index (χ4v) is 4.60. The van der Waals surface area contributed by atoms with Crippen LogP contribution in [-0.4, -0.2) is 40.4 Å². The van der Waals surface area contributed by atoms with Crippen molar-refractivity contribution in [3.05, 3.63) is 65.9 Å². The molecule has 2 amide bonds. The van der Waals surface area contributed by atoms with E-state index in [1.54, 1.807) is 6.92 Å². The second-order valence-corrected chi connectivity index (χ2v) is 10.3. The van der Waals surface area contributed by atoms with Gasteiger partial charge in [-0.05, 0) is 31.9 Å². The molecule has 0 aliphatic heterocycles. The zero-order chi connectivity index (χ0) is 27.4. The van der Waals surface area contributed by atoms with Crippen molar-refractivity contribution in [2.45, 2.75) is 89.8 Å². The molecule has 3 unspecified atom stereocenters. The maximum Gasteiger partial charge on any atom is 0.408 e. The van der Waals surface area contributed by atoms with Crippen LogP contribution in [0.2, 0.25) is 0 Å². The summed E-state index contributed by atoms with van der Waals surface area (Å²) >= 11 is 0. The Morgan fingerprint density at radius 2 is 1.71 bits per heavy atom. The number of benzene rings is 2. The zero-order valence-electron chi connectivity index (χ0n) is 23.0. The van der Waals surface area contributed by atoms with Crippen LogP contribution >= 0.6 is 0 Å². The molecule has 0 saturated heterocycles. The van der Waals surface area contributed by atoms with Gasteiger partial charge in [0.25, 0.3) is 5.91 Å². The Balaban J connectivity index is 1.65. The standard InChI is InChI=1S/C30H43N5O3/c1-4-5-6-7-8-10-15-22(2)33-29(37)38-30(3,20-27-24-18-13-14-19-26(24)34-35-27)28(36)32-21-25(31)23-16-11-9-12-17-23/h9,11-14,16-19,22,25H,4-8,10,15,20-21,31H2,1-3H3,(H,32,36)(H,33,37)(H,34,35). The number of aromatic amines is 1. The molecule has 3 atom stereocenters. The van der Waals surface area contributed by atoms with Gasteiger partial charge in [-0.2, -0.15) is 5.10 Å². The number of carbonyl (C=O) groups is 2. The van der Waals surface area contributed by atoms with Gasteiger partial charge >= 0.3 is 6.09 Å². The minimum Gasteiger partial charge on any atom is -0.433 e. The molecular formula is C30H43N5O3. The lowest BCUT2D eigenvalue weighted by molar-refractivity contribution is -0.138. The molecule has 8 nitrogen and oxygen atoms in total. The lowest BCUT2D eigenvalue weighted by atomic mass is 9.96. The Bertz CT molecular complexity index is 1150. The van der Waals surface area contributed by atoms with E-state index in [4.69, 9.17) is 10.5 Å². The van der Waals surface area contributed by atoms with E-state index in [0.29, 0.717) is 0 Å². The average Bonchev–Trinajstić information content (AvgIpc) is 3.31. The molecule has 5 N–H and O–H groups in total. The van der Waals surface area contributed by atoms with Crippen LogP contribution in [0.25, 0.3) is 10.9 Å². The second-order valence-electron chi connectivity index (χ2n) is 10.3. The van der Waals surface area contributed by atoms with Crippen molar-refractivity contribution < 1.29 is 14.3 Å². The Labute approximate surface area is 226 Å². The Morgan fingerprint density at radius 3 is 2.47 bits per heavy atom. The molecule has 3 rings (SSSR count). The van der Waals surface area contributed by atoms with Gasteiger partial charge in [-0.25, -0.2) is 4.79 Å². The van der Waals surface area contributed by atoms with Crippen LogP contribution in [0.15, 0.2) is 54.6 Å². The lowest BCUT2D eigenvalue weighted by Gasteiger charge is -2.29. The van der Waals surface area contributed by atoms with Gasteiger partial charge in [0.05, 0.1) is 5.52 Å². The molecular weight excluding hydrogens is 478 g/mol. The van der Waals surface area contributed by atoms with Crippen LogP contribution < -0.4 is 16.4 Å². The number of hydrogen-bond donors (Lipinski definition) is 4. The molecule has 2 aromatic carbocycles. The summed E-state index contributed by atoms with van der Waals surface area (Å²) in [5.74, 6) is -0.415. The second kappa shape index (κ2) is 14.5. The first-order valence-corrected chi connectivity index (χ1v) is 13.8. The van der Waals surface area contributed by atoms with E-state index in [-0.39, 0.29) is 25.0 Å². The first-order valence-electron chi connectivity index (χ1n) is 13.8. The zero-order valence-corrected chi connectivity index (χ0v) is 23.0. The molecule has 3 aromatic rings. The number of rotatable bonds is 15. The molecule has 1 heterocycles. The van der Waals surface area contributed by atoms with Crippen LogP contribution in [0.4, 0.5) is 4.79 Å². The molecule has 38 heavy (non-hydrogen) atoms. The Morgan fingerprint density at radius 1 is 1.03 bits per heavy atom. The molecule has 0 aliphatic rings. The number of carbonyl (C=O) groups excluding carboxylic acids is 2. The summed E-state index contributed by atoms with van der Waals surface area (Å²) in [4.78, 5) is 26.4. The van der Waals surface area contributed by atoms with Gasteiger partial charge in [0.1, 0.15) is 0 Å². The van der Waals surface area contributed by atoms with Crippen LogP contribution in [-0.2, 0) is 16.0 Å². The molecule has 0 radical (unpaired) electrons. The Hall–Kier alpha value is -3.39. The van der Waals surface area contributed by atoms with E-state index in [9.17, 15) is 9.59 Å². The maximum atomic E-state index is 13.5. The summed E-state index contributed by atoms with van der Waals surface area (Å²) in [5, 5.41) is 14.0. The number of nitrogens with two attached hydrogens (primary N) is 1. The molecule has 0 bridgehead atoms. The normalized spacial score (nSPS) is 14.4. The van der Waals surface area contributed by atoms with Crippen LogP contribution in [0.3, 0.4) is 0 Å². The molecule has 206 valence electrons. The fourth-order valence-electron chi connectivity index (χ4n) is 4.60. The predicted octanol–water partition coefficient (Wildman–Crippen LogP) is 5.55. The number of nitrogens with zero attached hydrogens (tertiary/aromatic N) is 1. The van der Waals surface area contributed by atoms with Crippen molar-refractivity contribution in [1.82, 2.24) is 20.8 Å². The van der Waals surface area contributed by atoms with Gasteiger partial charge in [0.15, 0.2) is 5.60 Å². The highest BCUT2D eigenvalue weighted by Crippen LogP contribution is 2.24. The van der Waals surface area contributed by atoms with Gasteiger partial charge in [-0.15, -0.1) is 0 Å². The summed E-state index contributed by atoms with van der Waals surface area (Å²) in [6, 6.07) is 16.8. The number of hydrogen-bond acceptors (Lipinski definition) is 5. The smallest absolute Gasteiger partial charge is 0.408 e. The lowest BCUT2D eigenvalue weighted by Crippen LogP contribution is -2.52. The van der Waals surface area contributed by atoms with Crippen LogP contribution in [0.1, 0.15) is 83.0 Å². The van der Waals surface area contributed by atoms with E-state index in [1.807, 2.05) is 61.5 Å². The number of alkyl carbamates (subject to hydrolysis) is 1. The summed E-state index contributed by atoms with van der Waals surface area (Å²) in [7, 11) is 0. The van der Waals surface area contributed by atoms with Crippen molar-refractivity contribution >= 4 is 22.9 Å². The molecule has 0 aliphatic carbocycles. The van der Waals surface area contributed by atoms with Gasteiger partial charge in [0.2, 0.25) is 0 Å². The molecule has 0 fully saturated rings. The van der Waals surface area contributed by atoms with E-state index < -0.39 is 17.6 Å². The number of nitrogens with one attached hydrogen (secondary N) is 3. The van der Waals surface area contributed by atoms with Crippen molar-refractivity contribution in [3.8, 4) is 0 Å². The summed E-state index contributed by atoms with van der Waals surface area (Å²) in [6.07, 6.45) is 7.54. The minimum absolute atomic E-state index is 0.0551. The van der Waals surface area contributed by atoms with Crippen molar-refractivity contribution in [2.75, 3.05) is 6.54 Å². The van der Waals surface area contributed by atoms with Crippen LogP contribution in [0.5, 0.6) is 0 Å². The third kappa shape index (κ3) is 8.58. The maximum absolute atomic E-state index is 13.5. The number of ether oxygens (including phenoxy) is 1. The highest BCUT2D eigenvalue weighted by Gasteiger charge is 2.39. The van der Waals surface area contributed by atoms with Gasteiger partial charge in [0, 0.05) is 36.1 Å². The number of amides is 2. The van der Waals surface area contributed by atoms with Gasteiger partial charge in [-0.1, -0.05) is 94.0 Å². The van der Waals surface area contributed by atoms with Crippen molar-refractivity contribution in [1.29, 1.82) is 0 Å². The van der Waals surface area contributed by atoms with E-state index >= 15 is 0 Å². The van der Waals surface area contributed by atoms with Crippen molar-refractivity contribution in [3.63, 3.8) is 0 Å². The summed E-state index contributed by atoms with van der Waals surface area (Å²) in [5.41, 5.74) is 7.24. The average molecular weight is 522 g/mol. The monoisotopic (exact) mass is 521 g/mol. The summed E-state index contributed by atoms with van der Waals surface area (Å²) in [6.45, 7) is 6.01. The first kappa shape index (κ1) is 29.2. The minimum atomic E-state index is -1.48. The number of aromatic nitrogens is 2. The number of unbranched alkanes of at least 4 members (excludes halogenated alkanes) is 5. The highest BCUT2D eigenvalue weighted by atomic mass is 16.6. The molecule has 8 heteroatoms. The van der Waals surface area contributed by atoms with Crippen molar-refractivity contribution in [2.24, 2.45) is 5.73 Å². The first-order chi connectivity index (χ1) is 18.3. The van der Waals surface area contributed by atoms with E-state index in [0.717, 1.165) is 41.4 Å². The number of fused-ring (bicyclic) bond motifs is 1. The van der Waals surface area contributed by atoms with Crippen LogP contribution in [0, 0.1) is 0 Å². The van der Waals surface area contributed by atoms with E-state index in [2.05, 4.69) is 27.8 Å². The van der Waals surface area contributed by atoms with E-state index in [1.165, 1.54) is 25.7 Å². The molecule has 1 aromatic heterocycles. The summed E-state index contributed by atoms with van der Waals surface area (Å²) < 4.78 is 5.84. The largest absolute Gasteiger partial charge is 0.433 e. The Kier molecular flexibility index (Phi) is 11.1. The fraction of sp³-hybridized carbons (Fsp3) is 0.500. The predicted molar refractivity (Wildman–Crippen MR) is 152 cm³/mol. The topological polar surface area (TPSA) is 122 Å². The SMILES string of the molecule is CCCCCCCCC(C)NC(=O)OC(C)(Cc1[nH]nc2ccccc12)C(=O)NCC(N)c1ccccc1. The molecule has 0 spiro atoms.